The zero-order valence-corrected chi connectivity index (χ0v) is 20.1. The maximum atomic E-state index is 13.5. The number of nitrogens with one attached hydrogen (secondary N) is 2. The minimum absolute atomic E-state index is 0. The molecule has 1 heterocycles. The van der Waals surface area contributed by atoms with Crippen LogP contribution in [0.4, 0.5) is 4.39 Å². The molecule has 1 aromatic rings. The van der Waals surface area contributed by atoms with Crippen molar-refractivity contribution in [2.24, 2.45) is 4.99 Å². The molecule has 1 fully saturated rings. The van der Waals surface area contributed by atoms with Gasteiger partial charge in [-0.3, -0.25) is 4.99 Å². The molecule has 0 saturated carbocycles. The Morgan fingerprint density at radius 3 is 2.50 bits per heavy atom. The summed E-state index contributed by atoms with van der Waals surface area (Å²) >= 11 is 0. The standard InChI is InChI=1S/C21H36FN5.HI/c1-21(2,18-8-7-9-19(22)16-18)17-25-20(23-3)24-10-5-6-11-27-14-12-26(4)13-15-27;/h7-9,16H,5-6,10-15,17H2,1-4H3,(H2,23,24,25);1H. The molecule has 28 heavy (non-hydrogen) atoms. The number of piperazine rings is 1. The van der Waals surface area contributed by atoms with Gasteiger partial charge >= 0.3 is 0 Å². The lowest BCUT2D eigenvalue weighted by Crippen LogP contribution is -2.45. The topological polar surface area (TPSA) is 42.9 Å². The lowest BCUT2D eigenvalue weighted by Gasteiger charge is -2.32. The summed E-state index contributed by atoms with van der Waals surface area (Å²) < 4.78 is 13.5. The van der Waals surface area contributed by atoms with Gasteiger partial charge < -0.3 is 20.4 Å². The number of hydrogen-bond donors (Lipinski definition) is 2. The molecule has 0 atom stereocenters. The second-order valence-electron chi connectivity index (χ2n) is 8.10. The van der Waals surface area contributed by atoms with Crippen molar-refractivity contribution < 1.29 is 4.39 Å². The lowest BCUT2D eigenvalue weighted by atomic mass is 9.84. The van der Waals surface area contributed by atoms with Crippen LogP contribution in [0, 0.1) is 5.82 Å². The van der Waals surface area contributed by atoms with Gasteiger partial charge in [-0.15, -0.1) is 24.0 Å². The highest BCUT2D eigenvalue weighted by molar-refractivity contribution is 14.0. The summed E-state index contributed by atoms with van der Waals surface area (Å²) in [4.78, 5) is 9.24. The molecule has 2 N–H and O–H groups in total. The third kappa shape index (κ3) is 8.61. The predicted molar refractivity (Wildman–Crippen MR) is 127 cm³/mol. The number of unbranched alkanes of at least 4 members (excludes halogenated alkanes) is 1. The Morgan fingerprint density at radius 1 is 1.14 bits per heavy atom. The molecule has 0 aliphatic carbocycles. The number of guanidine groups is 1. The summed E-state index contributed by atoms with van der Waals surface area (Å²) in [5.74, 6) is 0.613. The smallest absolute Gasteiger partial charge is 0.191 e. The first-order valence-corrected chi connectivity index (χ1v) is 10.0. The van der Waals surface area contributed by atoms with Crippen LogP contribution in [0.3, 0.4) is 0 Å². The third-order valence-corrected chi connectivity index (χ3v) is 5.32. The molecular formula is C21H37FIN5. The molecule has 0 unspecified atom stereocenters. The van der Waals surface area contributed by atoms with Crippen molar-refractivity contribution in [2.75, 3.05) is 59.9 Å². The van der Waals surface area contributed by atoms with E-state index < -0.39 is 0 Å². The average molecular weight is 505 g/mol. The molecule has 0 spiro atoms. The minimum Gasteiger partial charge on any atom is -0.356 e. The van der Waals surface area contributed by atoms with Crippen molar-refractivity contribution in [3.63, 3.8) is 0 Å². The quantitative estimate of drug-likeness (QED) is 0.247. The Hall–Kier alpha value is -0.930. The van der Waals surface area contributed by atoms with Gasteiger partial charge in [0.1, 0.15) is 5.82 Å². The van der Waals surface area contributed by atoms with Gasteiger partial charge in [-0.1, -0.05) is 26.0 Å². The zero-order valence-electron chi connectivity index (χ0n) is 17.8. The van der Waals surface area contributed by atoms with E-state index in [0.29, 0.717) is 6.54 Å². The van der Waals surface area contributed by atoms with E-state index in [1.807, 2.05) is 6.07 Å². The van der Waals surface area contributed by atoms with E-state index in [1.54, 1.807) is 19.2 Å². The third-order valence-electron chi connectivity index (χ3n) is 5.32. The Morgan fingerprint density at radius 2 is 1.86 bits per heavy atom. The van der Waals surface area contributed by atoms with Crippen LogP contribution in [0.1, 0.15) is 32.3 Å². The molecule has 160 valence electrons. The number of benzene rings is 1. The summed E-state index contributed by atoms with van der Waals surface area (Å²) in [6, 6.07) is 6.82. The first-order valence-electron chi connectivity index (χ1n) is 10.0. The highest BCUT2D eigenvalue weighted by Crippen LogP contribution is 2.22. The van der Waals surface area contributed by atoms with Crippen molar-refractivity contribution in [1.82, 2.24) is 20.4 Å². The van der Waals surface area contributed by atoms with E-state index in [1.165, 1.54) is 45.2 Å². The Labute approximate surface area is 187 Å². The maximum Gasteiger partial charge on any atom is 0.191 e. The van der Waals surface area contributed by atoms with Gasteiger partial charge in [0, 0.05) is 51.7 Å². The van der Waals surface area contributed by atoms with E-state index in [9.17, 15) is 4.39 Å². The summed E-state index contributed by atoms with van der Waals surface area (Å²) in [6.45, 7) is 11.7. The van der Waals surface area contributed by atoms with Crippen LogP contribution >= 0.6 is 24.0 Å². The van der Waals surface area contributed by atoms with Gasteiger partial charge in [-0.05, 0) is 44.1 Å². The molecule has 5 nitrogen and oxygen atoms in total. The van der Waals surface area contributed by atoms with Crippen molar-refractivity contribution in [2.45, 2.75) is 32.1 Å². The number of likely N-dealkylation sites (N-methyl/N-ethyl adjacent to an activating group) is 1. The van der Waals surface area contributed by atoms with Gasteiger partial charge in [0.25, 0.3) is 0 Å². The molecule has 1 aliphatic heterocycles. The van der Waals surface area contributed by atoms with Crippen LogP contribution < -0.4 is 10.6 Å². The van der Waals surface area contributed by atoms with Crippen LogP contribution in [-0.4, -0.2) is 75.7 Å². The molecule has 1 aliphatic rings. The largest absolute Gasteiger partial charge is 0.356 e. The first-order chi connectivity index (χ1) is 12.9. The van der Waals surface area contributed by atoms with Crippen molar-refractivity contribution >= 4 is 29.9 Å². The Bertz CT molecular complexity index is 600. The summed E-state index contributed by atoms with van der Waals surface area (Å²) in [6.07, 6.45) is 2.32. The van der Waals surface area contributed by atoms with Crippen molar-refractivity contribution in [1.29, 1.82) is 0 Å². The van der Waals surface area contributed by atoms with E-state index in [-0.39, 0.29) is 35.2 Å². The van der Waals surface area contributed by atoms with E-state index >= 15 is 0 Å². The van der Waals surface area contributed by atoms with Gasteiger partial charge in [-0.25, -0.2) is 4.39 Å². The van der Waals surface area contributed by atoms with Gasteiger partial charge in [0.2, 0.25) is 0 Å². The molecular weight excluding hydrogens is 468 g/mol. The fourth-order valence-corrected chi connectivity index (χ4v) is 3.28. The van der Waals surface area contributed by atoms with Crippen LogP contribution in [0.5, 0.6) is 0 Å². The fourth-order valence-electron chi connectivity index (χ4n) is 3.28. The lowest BCUT2D eigenvalue weighted by molar-refractivity contribution is 0.152. The molecule has 0 bridgehead atoms. The van der Waals surface area contributed by atoms with Gasteiger partial charge in [-0.2, -0.15) is 0 Å². The SMILES string of the molecule is CN=C(NCCCCN1CCN(C)CC1)NCC(C)(C)c1cccc(F)c1.I. The van der Waals surface area contributed by atoms with Crippen LogP contribution in [-0.2, 0) is 5.41 Å². The number of rotatable bonds is 8. The monoisotopic (exact) mass is 505 g/mol. The highest BCUT2D eigenvalue weighted by Gasteiger charge is 2.21. The molecule has 7 heteroatoms. The van der Waals surface area contributed by atoms with Gasteiger partial charge in [0.15, 0.2) is 5.96 Å². The summed E-state index contributed by atoms with van der Waals surface area (Å²) in [5.41, 5.74) is 0.804. The van der Waals surface area contributed by atoms with E-state index in [0.717, 1.165) is 24.5 Å². The van der Waals surface area contributed by atoms with Crippen LogP contribution in [0.25, 0.3) is 0 Å². The average Bonchev–Trinajstić information content (AvgIpc) is 2.65. The molecule has 2 rings (SSSR count). The van der Waals surface area contributed by atoms with Crippen LogP contribution in [0.15, 0.2) is 29.3 Å². The molecule has 1 aromatic carbocycles. The molecule has 1 saturated heterocycles. The van der Waals surface area contributed by atoms with E-state index in [2.05, 4.69) is 46.3 Å². The summed E-state index contributed by atoms with van der Waals surface area (Å²) in [7, 11) is 3.98. The zero-order chi connectivity index (χ0) is 19.7. The van der Waals surface area contributed by atoms with E-state index in [4.69, 9.17) is 0 Å². The summed E-state index contributed by atoms with van der Waals surface area (Å²) in [5, 5.41) is 6.76. The minimum atomic E-state index is -0.191. The number of halogens is 2. The molecule has 0 amide bonds. The van der Waals surface area contributed by atoms with Gasteiger partial charge in [0.05, 0.1) is 0 Å². The number of aliphatic imine (C=N–C) groups is 1. The van der Waals surface area contributed by atoms with Crippen molar-refractivity contribution in [3.8, 4) is 0 Å². The number of hydrogen-bond acceptors (Lipinski definition) is 3. The normalized spacial score (nSPS) is 16.5. The maximum absolute atomic E-state index is 13.5. The Kier molecular flexibility index (Phi) is 11.3. The van der Waals surface area contributed by atoms with Crippen LogP contribution in [0.2, 0.25) is 0 Å². The second-order valence-corrected chi connectivity index (χ2v) is 8.10. The van der Waals surface area contributed by atoms with Crippen molar-refractivity contribution in [3.05, 3.63) is 35.6 Å². The predicted octanol–water partition coefficient (Wildman–Crippen LogP) is 2.91. The fraction of sp³-hybridized carbons (Fsp3) is 0.667. The Balaban J connectivity index is 0.00000392. The number of nitrogens with zero attached hydrogens (tertiary/aromatic N) is 3. The second kappa shape index (κ2) is 12.6. The first kappa shape index (κ1) is 25.1. The molecule has 0 aromatic heterocycles. The molecule has 0 radical (unpaired) electrons. The highest BCUT2D eigenvalue weighted by atomic mass is 127.